The highest BCUT2D eigenvalue weighted by Gasteiger charge is 2.02. The van der Waals surface area contributed by atoms with Crippen molar-refractivity contribution in [2.75, 3.05) is 18.1 Å². The summed E-state index contributed by atoms with van der Waals surface area (Å²) in [6.45, 7) is 2.91. The standard InChI is InChI=1S/C16H21N3O/c1-2-3-7-20-14-6-4-5-12(9-14)8-13-10-15(17)19-16(18)11-13/h4-6,9-11H,2-3,7-8H2,1H3,(H4,17,18,19). The zero-order chi connectivity index (χ0) is 14.4. The number of anilines is 2. The van der Waals surface area contributed by atoms with E-state index in [4.69, 9.17) is 16.2 Å². The number of nitrogen functional groups attached to an aromatic ring is 2. The van der Waals surface area contributed by atoms with Crippen LogP contribution in [0.25, 0.3) is 0 Å². The molecule has 106 valence electrons. The summed E-state index contributed by atoms with van der Waals surface area (Å²) in [5, 5.41) is 0. The van der Waals surface area contributed by atoms with Crippen molar-refractivity contribution in [1.29, 1.82) is 0 Å². The molecule has 4 N–H and O–H groups in total. The minimum absolute atomic E-state index is 0.454. The fourth-order valence-electron chi connectivity index (χ4n) is 2.05. The van der Waals surface area contributed by atoms with Crippen LogP contribution in [0.15, 0.2) is 36.4 Å². The van der Waals surface area contributed by atoms with Crippen molar-refractivity contribution >= 4 is 11.6 Å². The molecular formula is C16H21N3O. The van der Waals surface area contributed by atoms with Crippen LogP contribution in [0.1, 0.15) is 30.9 Å². The van der Waals surface area contributed by atoms with Crippen molar-refractivity contribution in [2.45, 2.75) is 26.2 Å². The maximum Gasteiger partial charge on any atom is 0.126 e. The van der Waals surface area contributed by atoms with Crippen LogP contribution in [0.3, 0.4) is 0 Å². The monoisotopic (exact) mass is 271 g/mol. The lowest BCUT2D eigenvalue weighted by molar-refractivity contribution is 0.309. The van der Waals surface area contributed by atoms with Crippen LogP contribution in [0.5, 0.6) is 5.75 Å². The van der Waals surface area contributed by atoms with Gasteiger partial charge in [0.05, 0.1) is 6.61 Å². The van der Waals surface area contributed by atoms with Gasteiger partial charge in [-0.15, -0.1) is 0 Å². The molecule has 0 spiro atoms. The number of aromatic nitrogens is 1. The van der Waals surface area contributed by atoms with Crippen LogP contribution >= 0.6 is 0 Å². The van der Waals surface area contributed by atoms with E-state index in [1.165, 1.54) is 5.56 Å². The zero-order valence-electron chi connectivity index (χ0n) is 11.8. The topological polar surface area (TPSA) is 74.2 Å². The Bertz CT molecular complexity index is 549. The van der Waals surface area contributed by atoms with Crippen molar-refractivity contribution in [1.82, 2.24) is 4.98 Å². The summed E-state index contributed by atoms with van der Waals surface area (Å²) < 4.78 is 5.71. The quantitative estimate of drug-likeness (QED) is 0.792. The average molecular weight is 271 g/mol. The number of ether oxygens (including phenoxy) is 1. The van der Waals surface area contributed by atoms with E-state index < -0.39 is 0 Å². The molecule has 4 heteroatoms. The third-order valence-corrected chi connectivity index (χ3v) is 3.00. The van der Waals surface area contributed by atoms with Crippen LogP contribution in [0.2, 0.25) is 0 Å². The Hall–Kier alpha value is -2.23. The Morgan fingerprint density at radius 3 is 2.50 bits per heavy atom. The molecule has 1 aromatic heterocycles. The van der Waals surface area contributed by atoms with E-state index in [1.807, 2.05) is 24.3 Å². The molecule has 20 heavy (non-hydrogen) atoms. The lowest BCUT2D eigenvalue weighted by Gasteiger charge is -2.08. The van der Waals surface area contributed by atoms with Crippen molar-refractivity contribution in [3.05, 3.63) is 47.5 Å². The normalized spacial score (nSPS) is 10.4. The largest absolute Gasteiger partial charge is 0.494 e. The van der Waals surface area contributed by atoms with E-state index in [9.17, 15) is 0 Å². The number of rotatable bonds is 6. The first-order valence-electron chi connectivity index (χ1n) is 6.91. The van der Waals surface area contributed by atoms with Crippen LogP contribution in [0, 0.1) is 0 Å². The van der Waals surface area contributed by atoms with E-state index in [0.29, 0.717) is 11.6 Å². The molecule has 0 radical (unpaired) electrons. The maximum absolute atomic E-state index is 5.71. The summed E-state index contributed by atoms with van der Waals surface area (Å²) in [4.78, 5) is 3.97. The number of hydrogen-bond donors (Lipinski definition) is 2. The van der Waals surface area contributed by atoms with Crippen LogP contribution < -0.4 is 16.2 Å². The van der Waals surface area contributed by atoms with Crippen molar-refractivity contribution < 1.29 is 4.74 Å². The van der Waals surface area contributed by atoms with Crippen LogP contribution in [0.4, 0.5) is 11.6 Å². The third kappa shape index (κ3) is 4.16. The highest BCUT2D eigenvalue weighted by Crippen LogP contribution is 2.18. The van der Waals surface area contributed by atoms with Gasteiger partial charge < -0.3 is 16.2 Å². The predicted molar refractivity (Wildman–Crippen MR) is 82.7 cm³/mol. The van der Waals surface area contributed by atoms with Gasteiger partial charge >= 0.3 is 0 Å². The Morgan fingerprint density at radius 2 is 1.80 bits per heavy atom. The Morgan fingerprint density at radius 1 is 1.05 bits per heavy atom. The first-order chi connectivity index (χ1) is 9.67. The summed E-state index contributed by atoms with van der Waals surface area (Å²) in [5.74, 6) is 1.82. The molecule has 0 saturated heterocycles. The molecule has 0 aliphatic heterocycles. The molecule has 0 unspecified atom stereocenters. The number of benzene rings is 1. The van der Waals surface area contributed by atoms with Gasteiger partial charge in [0.2, 0.25) is 0 Å². The zero-order valence-corrected chi connectivity index (χ0v) is 11.8. The highest BCUT2D eigenvalue weighted by atomic mass is 16.5. The van der Waals surface area contributed by atoms with E-state index in [2.05, 4.69) is 24.0 Å². The summed E-state index contributed by atoms with van der Waals surface area (Å²) in [6.07, 6.45) is 2.97. The Labute approximate surface area is 119 Å². The number of pyridine rings is 1. The van der Waals surface area contributed by atoms with Crippen molar-refractivity contribution in [3.63, 3.8) is 0 Å². The Balaban J connectivity index is 2.07. The summed E-state index contributed by atoms with van der Waals surface area (Å²) in [7, 11) is 0. The molecule has 0 atom stereocenters. The second-order valence-electron chi connectivity index (χ2n) is 4.85. The summed E-state index contributed by atoms with van der Waals surface area (Å²) >= 11 is 0. The second kappa shape index (κ2) is 6.80. The van der Waals surface area contributed by atoms with E-state index in [-0.39, 0.29) is 0 Å². The first kappa shape index (κ1) is 14.2. The number of nitrogens with zero attached hydrogens (tertiary/aromatic N) is 1. The molecule has 0 aliphatic carbocycles. The van der Waals surface area contributed by atoms with Gasteiger partial charge in [-0.3, -0.25) is 0 Å². The first-order valence-corrected chi connectivity index (χ1v) is 6.91. The van der Waals surface area contributed by atoms with Gasteiger partial charge in [0.15, 0.2) is 0 Å². The highest BCUT2D eigenvalue weighted by molar-refractivity contribution is 5.45. The maximum atomic E-state index is 5.71. The average Bonchev–Trinajstić information content (AvgIpc) is 2.38. The molecule has 4 nitrogen and oxygen atoms in total. The molecule has 0 fully saturated rings. The molecule has 0 bridgehead atoms. The number of hydrogen-bond acceptors (Lipinski definition) is 4. The fourth-order valence-corrected chi connectivity index (χ4v) is 2.05. The molecule has 2 rings (SSSR count). The van der Waals surface area contributed by atoms with Gasteiger partial charge in [-0.05, 0) is 48.2 Å². The number of unbranched alkanes of at least 4 members (excludes halogenated alkanes) is 1. The van der Waals surface area contributed by atoms with Crippen LogP contribution in [-0.2, 0) is 6.42 Å². The molecule has 0 amide bonds. The van der Waals surface area contributed by atoms with E-state index in [0.717, 1.165) is 37.2 Å². The second-order valence-corrected chi connectivity index (χ2v) is 4.85. The fraction of sp³-hybridized carbons (Fsp3) is 0.312. The van der Waals surface area contributed by atoms with Crippen molar-refractivity contribution in [2.24, 2.45) is 0 Å². The molecule has 1 heterocycles. The minimum Gasteiger partial charge on any atom is -0.494 e. The van der Waals surface area contributed by atoms with Gasteiger partial charge in [0.25, 0.3) is 0 Å². The minimum atomic E-state index is 0.454. The SMILES string of the molecule is CCCCOc1cccc(Cc2cc(N)nc(N)c2)c1. The lowest BCUT2D eigenvalue weighted by Crippen LogP contribution is -2.00. The van der Waals surface area contributed by atoms with Gasteiger partial charge in [0, 0.05) is 0 Å². The van der Waals surface area contributed by atoms with Crippen LogP contribution in [-0.4, -0.2) is 11.6 Å². The lowest BCUT2D eigenvalue weighted by atomic mass is 10.1. The van der Waals surface area contributed by atoms with Gasteiger partial charge in [-0.1, -0.05) is 25.5 Å². The summed E-state index contributed by atoms with van der Waals surface area (Å²) in [5.41, 5.74) is 13.6. The molecular weight excluding hydrogens is 250 g/mol. The molecule has 1 aromatic carbocycles. The van der Waals surface area contributed by atoms with Crippen molar-refractivity contribution in [3.8, 4) is 5.75 Å². The van der Waals surface area contributed by atoms with Gasteiger partial charge in [-0.25, -0.2) is 4.98 Å². The predicted octanol–water partition coefficient (Wildman–Crippen LogP) is 3.02. The summed E-state index contributed by atoms with van der Waals surface area (Å²) in [6, 6.07) is 11.8. The Kier molecular flexibility index (Phi) is 4.82. The van der Waals surface area contributed by atoms with E-state index >= 15 is 0 Å². The molecule has 0 saturated carbocycles. The smallest absolute Gasteiger partial charge is 0.126 e. The van der Waals surface area contributed by atoms with Gasteiger partial charge in [0.1, 0.15) is 17.4 Å². The van der Waals surface area contributed by atoms with E-state index in [1.54, 1.807) is 0 Å². The molecule has 2 aromatic rings. The third-order valence-electron chi connectivity index (χ3n) is 3.00. The van der Waals surface area contributed by atoms with Gasteiger partial charge in [-0.2, -0.15) is 0 Å². The number of nitrogens with two attached hydrogens (primary N) is 2. The molecule has 0 aliphatic rings.